The van der Waals surface area contributed by atoms with Crippen LogP contribution in [0.4, 0.5) is 0 Å². The highest BCUT2D eigenvalue weighted by atomic mass is 16.7. The molecule has 16 heavy (non-hydrogen) atoms. The van der Waals surface area contributed by atoms with Crippen molar-refractivity contribution in [3.05, 3.63) is 24.3 Å². The number of hydrogen-bond acceptors (Lipinski definition) is 2. The first kappa shape index (κ1) is 13.5. The molecular formula is C14H24O2. The molecule has 0 radical (unpaired) electrons. The molecule has 0 amide bonds. The Kier molecular flexibility index (Phi) is 4.75. The molecule has 1 rings (SSSR count). The maximum absolute atomic E-state index is 5.79. The standard InChI is InChI=1S/C14H24O2/c1-6-13-10-15-14(5,16-13)8-7-12(4)9-11(2)3/h6,9,12-13H,1,7-8,10H2,2-5H3. The maximum atomic E-state index is 5.79. The molecule has 0 bridgehead atoms. The Balaban J connectivity index is 2.37. The van der Waals surface area contributed by atoms with E-state index in [-0.39, 0.29) is 6.10 Å². The Morgan fingerprint density at radius 1 is 1.56 bits per heavy atom. The highest BCUT2D eigenvalue weighted by Gasteiger charge is 2.35. The minimum Gasteiger partial charge on any atom is -0.347 e. The molecule has 0 aromatic heterocycles. The van der Waals surface area contributed by atoms with E-state index in [0.717, 1.165) is 12.8 Å². The molecule has 3 unspecified atom stereocenters. The smallest absolute Gasteiger partial charge is 0.166 e. The van der Waals surface area contributed by atoms with Crippen molar-refractivity contribution in [2.45, 2.75) is 52.4 Å². The lowest BCUT2D eigenvalue weighted by molar-refractivity contribution is -0.155. The number of rotatable bonds is 5. The van der Waals surface area contributed by atoms with Gasteiger partial charge in [-0.3, -0.25) is 0 Å². The van der Waals surface area contributed by atoms with E-state index in [0.29, 0.717) is 12.5 Å². The highest BCUT2D eigenvalue weighted by Crippen LogP contribution is 2.30. The summed E-state index contributed by atoms with van der Waals surface area (Å²) in [4.78, 5) is 0. The molecule has 92 valence electrons. The normalized spacial score (nSPS) is 31.1. The van der Waals surface area contributed by atoms with Crippen LogP contribution in [0.2, 0.25) is 0 Å². The molecular weight excluding hydrogens is 200 g/mol. The molecule has 0 aromatic rings. The van der Waals surface area contributed by atoms with Crippen LogP contribution in [0.5, 0.6) is 0 Å². The average molecular weight is 224 g/mol. The fourth-order valence-electron chi connectivity index (χ4n) is 2.04. The molecule has 1 aliphatic rings. The summed E-state index contributed by atoms with van der Waals surface area (Å²) in [7, 11) is 0. The second kappa shape index (κ2) is 5.65. The third-order valence-corrected chi connectivity index (χ3v) is 2.89. The fraction of sp³-hybridized carbons (Fsp3) is 0.714. The zero-order chi connectivity index (χ0) is 12.2. The van der Waals surface area contributed by atoms with Gasteiger partial charge in [0.1, 0.15) is 6.10 Å². The molecule has 1 heterocycles. The Morgan fingerprint density at radius 2 is 2.25 bits per heavy atom. The van der Waals surface area contributed by atoms with Crippen LogP contribution in [0.15, 0.2) is 24.3 Å². The van der Waals surface area contributed by atoms with Crippen molar-refractivity contribution in [2.24, 2.45) is 5.92 Å². The lowest BCUT2D eigenvalue weighted by Gasteiger charge is -2.24. The Bertz CT molecular complexity index is 266. The van der Waals surface area contributed by atoms with Gasteiger partial charge in [0.15, 0.2) is 5.79 Å². The maximum Gasteiger partial charge on any atom is 0.166 e. The summed E-state index contributed by atoms with van der Waals surface area (Å²) in [5.41, 5.74) is 1.37. The molecule has 1 saturated heterocycles. The van der Waals surface area contributed by atoms with Gasteiger partial charge in [0.2, 0.25) is 0 Å². The molecule has 0 N–H and O–H groups in total. The summed E-state index contributed by atoms with van der Waals surface area (Å²) in [5.74, 6) is 0.166. The van der Waals surface area contributed by atoms with Gasteiger partial charge < -0.3 is 9.47 Å². The third-order valence-electron chi connectivity index (χ3n) is 2.89. The molecule has 0 aromatic carbocycles. The van der Waals surface area contributed by atoms with E-state index in [2.05, 4.69) is 33.4 Å². The first-order valence-electron chi connectivity index (χ1n) is 6.04. The summed E-state index contributed by atoms with van der Waals surface area (Å²) in [5, 5.41) is 0. The minimum atomic E-state index is -0.414. The Hall–Kier alpha value is -0.600. The molecule has 0 saturated carbocycles. The van der Waals surface area contributed by atoms with Crippen molar-refractivity contribution in [2.75, 3.05) is 6.61 Å². The molecule has 2 heteroatoms. The van der Waals surface area contributed by atoms with E-state index < -0.39 is 5.79 Å². The van der Waals surface area contributed by atoms with Gasteiger partial charge in [0, 0.05) is 6.42 Å². The topological polar surface area (TPSA) is 18.5 Å². The average Bonchev–Trinajstić information content (AvgIpc) is 2.57. The van der Waals surface area contributed by atoms with Crippen molar-refractivity contribution < 1.29 is 9.47 Å². The predicted molar refractivity (Wildman–Crippen MR) is 67.3 cm³/mol. The van der Waals surface area contributed by atoms with Crippen LogP contribution in [0.25, 0.3) is 0 Å². The zero-order valence-electron chi connectivity index (χ0n) is 11.0. The van der Waals surface area contributed by atoms with Crippen molar-refractivity contribution in [3.8, 4) is 0 Å². The fourth-order valence-corrected chi connectivity index (χ4v) is 2.04. The van der Waals surface area contributed by atoms with Crippen molar-refractivity contribution in [1.82, 2.24) is 0 Å². The van der Waals surface area contributed by atoms with Crippen molar-refractivity contribution in [3.63, 3.8) is 0 Å². The molecule has 1 fully saturated rings. The monoisotopic (exact) mass is 224 g/mol. The summed E-state index contributed by atoms with van der Waals surface area (Å²) in [6, 6.07) is 0. The van der Waals surface area contributed by atoms with Crippen molar-refractivity contribution >= 4 is 0 Å². The largest absolute Gasteiger partial charge is 0.347 e. The molecule has 1 aliphatic heterocycles. The lowest BCUT2D eigenvalue weighted by Crippen LogP contribution is -2.26. The van der Waals surface area contributed by atoms with E-state index >= 15 is 0 Å². The molecule has 3 atom stereocenters. The van der Waals surface area contributed by atoms with Gasteiger partial charge in [0.25, 0.3) is 0 Å². The highest BCUT2D eigenvalue weighted by molar-refractivity contribution is 4.96. The second-order valence-corrected chi connectivity index (χ2v) is 5.10. The third kappa shape index (κ3) is 4.11. The predicted octanol–water partition coefficient (Wildman–Crippen LogP) is 3.69. The van der Waals surface area contributed by atoms with Crippen molar-refractivity contribution in [1.29, 1.82) is 0 Å². The van der Waals surface area contributed by atoms with E-state index in [4.69, 9.17) is 9.47 Å². The molecule has 2 nitrogen and oxygen atoms in total. The lowest BCUT2D eigenvalue weighted by atomic mass is 10.00. The van der Waals surface area contributed by atoms with Gasteiger partial charge in [0.05, 0.1) is 6.61 Å². The zero-order valence-corrected chi connectivity index (χ0v) is 11.0. The summed E-state index contributed by atoms with van der Waals surface area (Å²) < 4.78 is 11.5. The van der Waals surface area contributed by atoms with Gasteiger partial charge in [-0.05, 0) is 33.1 Å². The van der Waals surface area contributed by atoms with E-state index in [9.17, 15) is 0 Å². The van der Waals surface area contributed by atoms with E-state index in [1.807, 2.05) is 13.0 Å². The van der Waals surface area contributed by atoms with E-state index in [1.165, 1.54) is 5.57 Å². The second-order valence-electron chi connectivity index (χ2n) is 5.10. The van der Waals surface area contributed by atoms with Crippen LogP contribution in [0.1, 0.15) is 40.5 Å². The first-order valence-corrected chi connectivity index (χ1v) is 6.04. The Morgan fingerprint density at radius 3 is 2.75 bits per heavy atom. The van der Waals surface area contributed by atoms with Gasteiger partial charge >= 0.3 is 0 Å². The van der Waals surface area contributed by atoms with Crippen LogP contribution in [0, 0.1) is 5.92 Å². The Labute approximate surface area is 99.3 Å². The molecule has 0 aliphatic carbocycles. The summed E-state index contributed by atoms with van der Waals surface area (Å²) in [6.45, 7) is 12.9. The summed E-state index contributed by atoms with van der Waals surface area (Å²) in [6.07, 6.45) is 6.19. The van der Waals surface area contributed by atoms with Gasteiger partial charge in [-0.15, -0.1) is 6.58 Å². The van der Waals surface area contributed by atoms with Crippen LogP contribution in [-0.2, 0) is 9.47 Å². The SMILES string of the molecule is C=CC1COC(C)(CCC(C)C=C(C)C)O1. The number of hydrogen-bond donors (Lipinski definition) is 0. The van der Waals surface area contributed by atoms with E-state index in [1.54, 1.807) is 0 Å². The van der Waals surface area contributed by atoms with Crippen LogP contribution in [0.3, 0.4) is 0 Å². The van der Waals surface area contributed by atoms with Crippen LogP contribution < -0.4 is 0 Å². The van der Waals surface area contributed by atoms with Gasteiger partial charge in [-0.2, -0.15) is 0 Å². The summed E-state index contributed by atoms with van der Waals surface area (Å²) >= 11 is 0. The van der Waals surface area contributed by atoms with Gasteiger partial charge in [-0.1, -0.05) is 24.6 Å². The number of allylic oxidation sites excluding steroid dienone is 2. The molecule has 0 spiro atoms. The van der Waals surface area contributed by atoms with Crippen LogP contribution >= 0.6 is 0 Å². The quantitative estimate of drug-likeness (QED) is 0.663. The van der Waals surface area contributed by atoms with Gasteiger partial charge in [-0.25, -0.2) is 0 Å². The number of ether oxygens (including phenoxy) is 2. The van der Waals surface area contributed by atoms with Crippen LogP contribution in [-0.4, -0.2) is 18.5 Å². The first-order chi connectivity index (χ1) is 7.45. The minimum absolute atomic E-state index is 0.0590.